The second-order valence-electron chi connectivity index (χ2n) is 6.39. The van der Waals surface area contributed by atoms with Crippen LogP contribution in [0.5, 0.6) is 0 Å². The molecule has 2 N–H and O–H groups in total. The molecule has 0 aromatic heterocycles. The van der Waals surface area contributed by atoms with Gasteiger partial charge in [0.05, 0.1) is 11.3 Å². The smallest absolute Gasteiger partial charge is 0.337 e. The van der Waals surface area contributed by atoms with E-state index in [9.17, 15) is 9.90 Å². The number of benzene rings is 3. The molecule has 24 heavy (non-hydrogen) atoms. The summed E-state index contributed by atoms with van der Waals surface area (Å²) in [6.45, 7) is 4.42. The molecule has 0 bridgehead atoms. The van der Waals surface area contributed by atoms with Gasteiger partial charge >= 0.3 is 5.97 Å². The van der Waals surface area contributed by atoms with Crippen molar-refractivity contribution in [2.75, 3.05) is 5.32 Å². The highest BCUT2D eigenvalue weighted by Gasteiger charge is 2.12. The minimum absolute atomic E-state index is 0.271. The highest BCUT2D eigenvalue weighted by atomic mass is 16.4. The Morgan fingerprint density at radius 1 is 0.917 bits per heavy atom. The van der Waals surface area contributed by atoms with E-state index < -0.39 is 5.97 Å². The number of carboxylic acids is 1. The summed E-state index contributed by atoms with van der Waals surface area (Å²) < 4.78 is 0. The summed E-state index contributed by atoms with van der Waals surface area (Å²) in [6, 6.07) is 19.4. The molecular formula is C21H21NO2. The molecule has 0 radical (unpaired) electrons. The second kappa shape index (κ2) is 6.75. The van der Waals surface area contributed by atoms with Crippen molar-refractivity contribution in [2.45, 2.75) is 20.3 Å². The van der Waals surface area contributed by atoms with Crippen LogP contribution in [0, 0.1) is 5.92 Å². The van der Waals surface area contributed by atoms with Crippen molar-refractivity contribution in [1.29, 1.82) is 0 Å². The molecule has 0 heterocycles. The number of carbonyl (C=O) groups is 1. The summed E-state index contributed by atoms with van der Waals surface area (Å²) in [5.41, 5.74) is 3.11. The van der Waals surface area contributed by atoms with E-state index in [1.54, 1.807) is 18.2 Å². The van der Waals surface area contributed by atoms with E-state index in [4.69, 9.17) is 0 Å². The van der Waals surface area contributed by atoms with Crippen molar-refractivity contribution in [1.82, 2.24) is 0 Å². The van der Waals surface area contributed by atoms with E-state index in [0.717, 1.165) is 17.5 Å². The number of aromatic carboxylic acids is 1. The van der Waals surface area contributed by atoms with Crippen molar-refractivity contribution < 1.29 is 9.90 Å². The van der Waals surface area contributed by atoms with E-state index >= 15 is 0 Å². The Labute approximate surface area is 142 Å². The first-order valence-electron chi connectivity index (χ1n) is 8.16. The van der Waals surface area contributed by atoms with Gasteiger partial charge in [-0.3, -0.25) is 0 Å². The van der Waals surface area contributed by atoms with Crippen molar-refractivity contribution in [3.8, 4) is 0 Å². The summed E-state index contributed by atoms with van der Waals surface area (Å²) in [6.07, 6.45) is 1.02. The van der Waals surface area contributed by atoms with E-state index in [2.05, 4.69) is 37.4 Å². The lowest BCUT2D eigenvalue weighted by Crippen LogP contribution is -2.03. The highest BCUT2D eigenvalue weighted by Crippen LogP contribution is 2.31. The molecule has 3 rings (SSSR count). The van der Waals surface area contributed by atoms with Gasteiger partial charge in [0, 0.05) is 11.1 Å². The van der Waals surface area contributed by atoms with Gasteiger partial charge in [-0.1, -0.05) is 56.3 Å². The van der Waals surface area contributed by atoms with E-state index in [1.807, 2.05) is 24.3 Å². The molecule has 0 fully saturated rings. The Balaban J connectivity index is 2.07. The normalized spacial score (nSPS) is 11.0. The van der Waals surface area contributed by atoms with Crippen LogP contribution in [-0.4, -0.2) is 11.1 Å². The number of hydrogen-bond acceptors (Lipinski definition) is 2. The van der Waals surface area contributed by atoms with Crippen molar-refractivity contribution in [3.05, 3.63) is 71.8 Å². The van der Waals surface area contributed by atoms with Crippen LogP contribution in [0.1, 0.15) is 29.8 Å². The fraction of sp³-hybridized carbons (Fsp3) is 0.190. The lowest BCUT2D eigenvalue weighted by molar-refractivity contribution is 0.0698. The van der Waals surface area contributed by atoms with E-state index in [0.29, 0.717) is 11.6 Å². The molecule has 3 aromatic carbocycles. The molecule has 0 atom stereocenters. The van der Waals surface area contributed by atoms with Gasteiger partial charge in [-0.15, -0.1) is 0 Å². The summed E-state index contributed by atoms with van der Waals surface area (Å²) in [7, 11) is 0. The number of hydrogen-bond donors (Lipinski definition) is 2. The topological polar surface area (TPSA) is 49.3 Å². The number of fused-ring (bicyclic) bond motifs is 1. The van der Waals surface area contributed by atoms with Crippen LogP contribution in [0.2, 0.25) is 0 Å². The highest BCUT2D eigenvalue weighted by molar-refractivity contribution is 6.00. The summed E-state index contributed by atoms with van der Waals surface area (Å²) >= 11 is 0. The average molecular weight is 319 g/mol. The quantitative estimate of drug-likeness (QED) is 0.654. The predicted octanol–water partition coefficient (Wildman–Crippen LogP) is 5.48. The monoisotopic (exact) mass is 319 g/mol. The Hall–Kier alpha value is -2.81. The third-order valence-electron chi connectivity index (χ3n) is 4.07. The van der Waals surface area contributed by atoms with Gasteiger partial charge in [-0.25, -0.2) is 4.79 Å². The Morgan fingerprint density at radius 2 is 1.58 bits per heavy atom. The number of para-hydroxylation sites is 1. The zero-order valence-corrected chi connectivity index (χ0v) is 13.9. The average Bonchev–Trinajstić information content (AvgIpc) is 2.57. The van der Waals surface area contributed by atoms with Gasteiger partial charge in [0.2, 0.25) is 0 Å². The van der Waals surface area contributed by atoms with Crippen LogP contribution in [0.15, 0.2) is 60.7 Å². The molecule has 3 heteroatoms. The largest absolute Gasteiger partial charge is 0.478 e. The summed E-state index contributed by atoms with van der Waals surface area (Å²) in [5, 5.41) is 15.0. The molecule has 0 spiro atoms. The van der Waals surface area contributed by atoms with Gasteiger partial charge in [-0.2, -0.15) is 0 Å². The van der Waals surface area contributed by atoms with Gasteiger partial charge in [0.1, 0.15) is 0 Å². The minimum atomic E-state index is -0.932. The molecule has 0 amide bonds. The molecule has 3 aromatic rings. The molecule has 0 aliphatic carbocycles. The number of anilines is 2. The van der Waals surface area contributed by atoms with E-state index in [1.165, 1.54) is 10.9 Å². The molecule has 0 aliphatic rings. The van der Waals surface area contributed by atoms with Crippen LogP contribution in [0.3, 0.4) is 0 Å². The summed E-state index contributed by atoms with van der Waals surface area (Å²) in [5.74, 6) is -0.348. The maximum absolute atomic E-state index is 11.4. The molecule has 3 nitrogen and oxygen atoms in total. The standard InChI is InChI=1S/C21H21NO2/c1-14(2)13-15-11-12-20(17-8-4-3-7-16(15)17)22-19-10-6-5-9-18(19)21(23)24/h3-12,14,22H,13H2,1-2H3,(H,23,24). The van der Waals surface area contributed by atoms with Gasteiger partial charge in [-0.05, 0) is 41.5 Å². The molecular weight excluding hydrogens is 298 g/mol. The van der Waals surface area contributed by atoms with Crippen LogP contribution in [0.25, 0.3) is 10.8 Å². The second-order valence-corrected chi connectivity index (χ2v) is 6.39. The Morgan fingerprint density at radius 3 is 2.29 bits per heavy atom. The Bertz CT molecular complexity index is 884. The van der Waals surface area contributed by atoms with Gasteiger partial charge < -0.3 is 10.4 Å². The third-order valence-corrected chi connectivity index (χ3v) is 4.07. The van der Waals surface area contributed by atoms with Crippen molar-refractivity contribution in [3.63, 3.8) is 0 Å². The molecule has 0 unspecified atom stereocenters. The number of carboxylic acid groups (broad SMARTS) is 1. The zero-order valence-electron chi connectivity index (χ0n) is 13.9. The predicted molar refractivity (Wildman–Crippen MR) is 99.2 cm³/mol. The molecule has 122 valence electrons. The maximum atomic E-state index is 11.4. The van der Waals surface area contributed by atoms with Crippen LogP contribution in [-0.2, 0) is 6.42 Å². The lowest BCUT2D eigenvalue weighted by atomic mass is 9.96. The third kappa shape index (κ3) is 3.25. The molecule has 0 aliphatic heterocycles. The Kier molecular flexibility index (Phi) is 4.52. The van der Waals surface area contributed by atoms with Gasteiger partial charge in [0.25, 0.3) is 0 Å². The fourth-order valence-corrected chi connectivity index (χ4v) is 3.01. The first-order chi connectivity index (χ1) is 11.6. The zero-order chi connectivity index (χ0) is 17.1. The first kappa shape index (κ1) is 16.1. The number of nitrogens with one attached hydrogen (secondary N) is 1. The van der Waals surface area contributed by atoms with Crippen LogP contribution < -0.4 is 5.32 Å². The lowest BCUT2D eigenvalue weighted by Gasteiger charge is -2.15. The van der Waals surface area contributed by atoms with Crippen LogP contribution >= 0.6 is 0 Å². The van der Waals surface area contributed by atoms with Crippen LogP contribution in [0.4, 0.5) is 11.4 Å². The van der Waals surface area contributed by atoms with Crippen molar-refractivity contribution >= 4 is 28.1 Å². The maximum Gasteiger partial charge on any atom is 0.337 e. The SMILES string of the molecule is CC(C)Cc1ccc(Nc2ccccc2C(=O)O)c2ccccc12. The molecule has 0 saturated carbocycles. The fourth-order valence-electron chi connectivity index (χ4n) is 3.01. The van der Waals surface area contributed by atoms with Gasteiger partial charge in [0.15, 0.2) is 0 Å². The molecule has 0 saturated heterocycles. The van der Waals surface area contributed by atoms with E-state index in [-0.39, 0.29) is 5.56 Å². The summed E-state index contributed by atoms with van der Waals surface area (Å²) in [4.78, 5) is 11.4. The van der Waals surface area contributed by atoms with Crippen molar-refractivity contribution in [2.24, 2.45) is 5.92 Å². The minimum Gasteiger partial charge on any atom is -0.478 e. The first-order valence-corrected chi connectivity index (χ1v) is 8.16. The number of rotatable bonds is 5.